The van der Waals surface area contributed by atoms with Gasteiger partial charge >= 0.3 is 0 Å². The first-order chi connectivity index (χ1) is 15.1. The van der Waals surface area contributed by atoms with Crippen molar-refractivity contribution < 1.29 is 27.2 Å². The Morgan fingerprint density at radius 3 is 2.34 bits per heavy atom. The number of benzene rings is 2. The second-order valence-electron chi connectivity index (χ2n) is 6.69. The van der Waals surface area contributed by atoms with Crippen molar-refractivity contribution in [3.05, 3.63) is 76.2 Å². The first kappa shape index (κ1) is 23.2. The number of carbonyl (C=O) groups is 2. The summed E-state index contributed by atoms with van der Waals surface area (Å²) in [5.41, 5.74) is 4.95. The minimum Gasteiger partial charge on any atom is -0.495 e. The first-order valence-corrected chi connectivity index (χ1v) is 11.1. The highest BCUT2D eigenvalue weighted by Gasteiger charge is 2.22. The van der Waals surface area contributed by atoms with E-state index in [9.17, 15) is 18.0 Å². The average Bonchev–Trinajstić information content (AvgIpc) is 3.10. The Morgan fingerprint density at radius 1 is 1.00 bits per heavy atom. The standard InChI is InChI=1S/C21H20ClN3O6S/c1-12-10-15(13(2)31-12)21(27)24-23-20(26)14-8-9-16(22)19(11-14)32(28,29)25-17-6-4-5-7-18(17)30-3/h4-11,25H,1-3H3,(H,23,26)(H,24,27). The molecule has 9 nitrogen and oxygen atoms in total. The third-order valence-electron chi connectivity index (χ3n) is 4.41. The molecule has 1 heterocycles. The maximum atomic E-state index is 12.9. The Labute approximate surface area is 189 Å². The van der Waals surface area contributed by atoms with Crippen molar-refractivity contribution in [2.45, 2.75) is 18.7 Å². The van der Waals surface area contributed by atoms with Gasteiger partial charge in [0, 0.05) is 5.56 Å². The third-order valence-corrected chi connectivity index (χ3v) is 6.26. The van der Waals surface area contributed by atoms with Gasteiger partial charge in [-0.15, -0.1) is 0 Å². The lowest BCUT2D eigenvalue weighted by atomic mass is 10.2. The van der Waals surface area contributed by atoms with E-state index in [1.165, 1.54) is 31.4 Å². The van der Waals surface area contributed by atoms with Gasteiger partial charge in [0.05, 0.1) is 23.4 Å². The minimum absolute atomic E-state index is 0.0322. The summed E-state index contributed by atoms with van der Waals surface area (Å²) in [6.45, 7) is 3.31. The van der Waals surface area contributed by atoms with Crippen LogP contribution in [0.4, 0.5) is 5.69 Å². The van der Waals surface area contributed by atoms with Gasteiger partial charge in [-0.25, -0.2) is 8.42 Å². The predicted octanol–water partition coefficient (Wildman–Crippen LogP) is 3.43. The van der Waals surface area contributed by atoms with Crippen LogP contribution in [0.1, 0.15) is 32.2 Å². The number of ether oxygens (including phenoxy) is 1. The molecule has 3 rings (SSSR count). The van der Waals surface area contributed by atoms with Crippen LogP contribution in [0.5, 0.6) is 5.75 Å². The number of hydrogen-bond donors (Lipinski definition) is 3. The van der Waals surface area contributed by atoms with Crippen molar-refractivity contribution in [1.82, 2.24) is 10.9 Å². The summed E-state index contributed by atoms with van der Waals surface area (Å²) in [6.07, 6.45) is 0. The van der Waals surface area contributed by atoms with Gasteiger partial charge in [0.15, 0.2) is 0 Å². The van der Waals surface area contributed by atoms with E-state index in [2.05, 4.69) is 15.6 Å². The van der Waals surface area contributed by atoms with Crippen molar-refractivity contribution in [2.75, 3.05) is 11.8 Å². The lowest BCUT2D eigenvalue weighted by molar-refractivity contribution is 0.0845. The van der Waals surface area contributed by atoms with Gasteiger partial charge in [0.1, 0.15) is 22.2 Å². The number of hydrazine groups is 1. The van der Waals surface area contributed by atoms with E-state index in [1.807, 2.05) is 0 Å². The third kappa shape index (κ3) is 5.04. The zero-order valence-corrected chi connectivity index (χ0v) is 18.9. The number of hydrogen-bond acceptors (Lipinski definition) is 6. The lowest BCUT2D eigenvalue weighted by Crippen LogP contribution is -2.41. The molecule has 168 valence electrons. The fraction of sp³-hybridized carbons (Fsp3) is 0.143. The second kappa shape index (κ2) is 9.33. The summed E-state index contributed by atoms with van der Waals surface area (Å²) in [4.78, 5) is 24.4. The smallest absolute Gasteiger partial charge is 0.273 e. The number of furan rings is 1. The molecule has 3 aromatic rings. The Kier molecular flexibility index (Phi) is 6.75. The molecule has 0 radical (unpaired) electrons. The molecule has 0 aliphatic rings. The monoisotopic (exact) mass is 477 g/mol. The van der Waals surface area contributed by atoms with Crippen molar-refractivity contribution in [3.63, 3.8) is 0 Å². The normalized spacial score (nSPS) is 11.0. The zero-order valence-electron chi connectivity index (χ0n) is 17.4. The molecule has 0 bridgehead atoms. The molecule has 0 aliphatic heterocycles. The Bertz CT molecular complexity index is 1290. The second-order valence-corrected chi connectivity index (χ2v) is 8.74. The number of rotatable bonds is 6. The van der Waals surface area contributed by atoms with Gasteiger partial charge in [0.25, 0.3) is 21.8 Å². The summed E-state index contributed by atoms with van der Waals surface area (Å²) in [5, 5.41) is -0.0857. The van der Waals surface area contributed by atoms with Crippen molar-refractivity contribution in [2.24, 2.45) is 0 Å². The Hall–Kier alpha value is -3.50. The van der Waals surface area contributed by atoms with E-state index in [-0.39, 0.29) is 26.7 Å². The Balaban J connectivity index is 1.79. The molecule has 0 spiro atoms. The van der Waals surface area contributed by atoms with E-state index in [0.29, 0.717) is 17.3 Å². The van der Waals surface area contributed by atoms with Crippen LogP contribution < -0.4 is 20.3 Å². The predicted molar refractivity (Wildman–Crippen MR) is 118 cm³/mol. The van der Waals surface area contributed by atoms with Gasteiger partial charge in [-0.1, -0.05) is 23.7 Å². The van der Waals surface area contributed by atoms with Crippen LogP contribution in [0, 0.1) is 13.8 Å². The van der Waals surface area contributed by atoms with Crippen LogP contribution in [0.3, 0.4) is 0 Å². The molecule has 0 saturated carbocycles. The highest BCUT2D eigenvalue weighted by Crippen LogP contribution is 2.29. The number of amides is 2. The quantitative estimate of drug-likeness (QED) is 0.467. The molecule has 0 atom stereocenters. The van der Waals surface area contributed by atoms with Crippen molar-refractivity contribution in [1.29, 1.82) is 0 Å². The summed E-state index contributed by atoms with van der Waals surface area (Å²) in [6, 6.07) is 11.7. The topological polar surface area (TPSA) is 127 Å². The molecule has 32 heavy (non-hydrogen) atoms. The fourth-order valence-corrected chi connectivity index (χ4v) is 4.49. The highest BCUT2D eigenvalue weighted by molar-refractivity contribution is 7.92. The first-order valence-electron chi connectivity index (χ1n) is 9.25. The molecule has 3 N–H and O–H groups in total. The molecule has 0 saturated heterocycles. The zero-order chi connectivity index (χ0) is 23.5. The fourth-order valence-electron chi connectivity index (χ4n) is 2.89. The number of methoxy groups -OCH3 is 1. The molecule has 0 fully saturated rings. The molecule has 0 unspecified atom stereocenters. The number of para-hydroxylation sites is 2. The number of anilines is 1. The maximum absolute atomic E-state index is 12.9. The summed E-state index contributed by atoms with van der Waals surface area (Å²) in [7, 11) is -2.74. The minimum atomic E-state index is -4.15. The number of aryl methyl sites for hydroxylation is 2. The SMILES string of the molecule is COc1ccccc1NS(=O)(=O)c1cc(C(=O)NNC(=O)c2cc(C)oc2C)ccc1Cl. The number of nitrogens with one attached hydrogen (secondary N) is 3. The summed E-state index contributed by atoms with van der Waals surface area (Å²) < 4.78 is 38.6. The molecule has 1 aromatic heterocycles. The maximum Gasteiger partial charge on any atom is 0.273 e. The van der Waals surface area contributed by atoms with E-state index < -0.39 is 21.8 Å². The molecular formula is C21H20ClN3O6S. The van der Waals surface area contributed by atoms with Gasteiger partial charge in [-0.3, -0.25) is 25.2 Å². The van der Waals surface area contributed by atoms with Crippen LogP contribution in [0.15, 0.2) is 57.8 Å². The largest absolute Gasteiger partial charge is 0.495 e. The van der Waals surface area contributed by atoms with Gasteiger partial charge in [-0.2, -0.15) is 0 Å². The lowest BCUT2D eigenvalue weighted by Gasteiger charge is -2.13. The van der Waals surface area contributed by atoms with Crippen LogP contribution in [0.2, 0.25) is 5.02 Å². The van der Waals surface area contributed by atoms with Crippen LogP contribution in [-0.2, 0) is 10.0 Å². The summed E-state index contributed by atoms with van der Waals surface area (Å²) >= 11 is 6.09. The molecule has 11 heteroatoms. The number of carbonyl (C=O) groups excluding carboxylic acids is 2. The summed E-state index contributed by atoms with van der Waals surface area (Å²) in [5.74, 6) is -0.0480. The van der Waals surface area contributed by atoms with Crippen molar-refractivity contribution in [3.8, 4) is 5.75 Å². The van der Waals surface area contributed by atoms with Crippen molar-refractivity contribution >= 4 is 39.1 Å². The van der Waals surface area contributed by atoms with Gasteiger partial charge < -0.3 is 9.15 Å². The van der Waals surface area contributed by atoms with Crippen LogP contribution in [-0.4, -0.2) is 27.3 Å². The number of halogens is 1. The molecule has 0 aliphatic carbocycles. The van der Waals surface area contributed by atoms with Crippen LogP contribution in [0.25, 0.3) is 0 Å². The molecular weight excluding hydrogens is 458 g/mol. The van der Waals surface area contributed by atoms with Gasteiger partial charge in [0.2, 0.25) is 0 Å². The molecule has 2 amide bonds. The van der Waals surface area contributed by atoms with Crippen LogP contribution >= 0.6 is 11.6 Å². The van der Waals surface area contributed by atoms with E-state index >= 15 is 0 Å². The van der Waals surface area contributed by atoms with Gasteiger partial charge in [-0.05, 0) is 50.2 Å². The van der Waals surface area contributed by atoms with E-state index in [4.69, 9.17) is 20.8 Å². The average molecular weight is 478 g/mol. The number of sulfonamides is 1. The van der Waals surface area contributed by atoms with E-state index in [0.717, 1.165) is 6.07 Å². The highest BCUT2D eigenvalue weighted by atomic mass is 35.5. The Morgan fingerprint density at radius 2 is 1.69 bits per heavy atom. The molecule has 2 aromatic carbocycles. The van der Waals surface area contributed by atoms with E-state index in [1.54, 1.807) is 32.0 Å².